The first kappa shape index (κ1) is 11.7. The number of nitrogens with one attached hydrogen (secondary N) is 1. The molecular weight excluding hydrogens is 224 g/mol. The molecule has 1 N–H and O–H groups in total. The zero-order chi connectivity index (χ0) is 12.5. The lowest BCUT2D eigenvalue weighted by molar-refractivity contribution is 0.0620. The normalized spacial score (nSPS) is 30.2. The first-order valence-electron chi connectivity index (χ1n) is 6.82. The number of nitrogens with zero attached hydrogens (tertiary/aromatic N) is 1. The van der Waals surface area contributed by atoms with E-state index in [2.05, 4.69) is 10.2 Å². The zero-order valence-corrected chi connectivity index (χ0v) is 10.9. The van der Waals surface area contributed by atoms with Crippen molar-refractivity contribution in [3.05, 3.63) is 35.4 Å². The number of hydrogen-bond donors (Lipinski definition) is 1. The van der Waals surface area contributed by atoms with Gasteiger partial charge in [0.25, 0.3) is 5.91 Å². The predicted molar refractivity (Wildman–Crippen MR) is 71.6 cm³/mol. The van der Waals surface area contributed by atoms with E-state index in [-0.39, 0.29) is 5.91 Å². The van der Waals surface area contributed by atoms with Gasteiger partial charge >= 0.3 is 0 Å². The Morgan fingerprint density at radius 1 is 1.33 bits per heavy atom. The quantitative estimate of drug-likeness (QED) is 0.860. The topological polar surface area (TPSA) is 32.3 Å². The zero-order valence-electron chi connectivity index (χ0n) is 10.9. The monoisotopic (exact) mass is 244 g/mol. The maximum Gasteiger partial charge on any atom is 0.251 e. The fraction of sp³-hybridized carbons (Fsp3) is 0.533. The maximum atomic E-state index is 12.2. The molecule has 1 unspecified atom stereocenters. The summed E-state index contributed by atoms with van der Waals surface area (Å²) in [4.78, 5) is 14.7. The Kier molecular flexibility index (Phi) is 3.08. The van der Waals surface area contributed by atoms with E-state index < -0.39 is 0 Å². The van der Waals surface area contributed by atoms with E-state index in [1.165, 1.54) is 25.9 Å². The number of carbonyl (C=O) groups is 1. The molecule has 1 atom stereocenters. The van der Waals surface area contributed by atoms with Gasteiger partial charge in [0.15, 0.2) is 0 Å². The number of piperidine rings is 3. The molecule has 96 valence electrons. The van der Waals surface area contributed by atoms with E-state index in [0.717, 1.165) is 17.7 Å². The molecular formula is C15H20N2O. The third-order valence-electron chi connectivity index (χ3n) is 4.25. The summed E-state index contributed by atoms with van der Waals surface area (Å²) >= 11 is 0. The molecule has 3 aliphatic rings. The van der Waals surface area contributed by atoms with Crippen molar-refractivity contribution in [3.8, 4) is 0 Å². The van der Waals surface area contributed by atoms with Crippen LogP contribution in [0.4, 0.5) is 0 Å². The van der Waals surface area contributed by atoms with Crippen LogP contribution in [-0.2, 0) is 0 Å². The summed E-state index contributed by atoms with van der Waals surface area (Å²) in [5.41, 5.74) is 1.92. The van der Waals surface area contributed by atoms with Crippen LogP contribution in [-0.4, -0.2) is 36.5 Å². The number of rotatable bonds is 2. The van der Waals surface area contributed by atoms with Crippen molar-refractivity contribution < 1.29 is 4.79 Å². The highest BCUT2D eigenvalue weighted by atomic mass is 16.1. The Hall–Kier alpha value is -1.35. The molecule has 3 heterocycles. The third kappa shape index (κ3) is 2.27. The molecule has 1 amide bonds. The van der Waals surface area contributed by atoms with Gasteiger partial charge in [-0.05, 0) is 50.9 Å². The van der Waals surface area contributed by atoms with Crippen molar-refractivity contribution in [1.29, 1.82) is 0 Å². The number of carbonyl (C=O) groups excluding carboxylic acids is 1. The van der Waals surface area contributed by atoms with E-state index in [1.807, 2.05) is 31.2 Å². The molecule has 4 rings (SSSR count). The Morgan fingerprint density at radius 2 is 2.11 bits per heavy atom. The molecule has 1 aromatic rings. The van der Waals surface area contributed by atoms with Gasteiger partial charge in [-0.1, -0.05) is 17.7 Å². The van der Waals surface area contributed by atoms with Crippen molar-refractivity contribution in [1.82, 2.24) is 10.2 Å². The minimum absolute atomic E-state index is 0.0810. The van der Waals surface area contributed by atoms with Gasteiger partial charge in [-0.2, -0.15) is 0 Å². The average Bonchev–Trinajstić information content (AvgIpc) is 2.40. The highest BCUT2D eigenvalue weighted by Crippen LogP contribution is 2.27. The summed E-state index contributed by atoms with van der Waals surface area (Å²) in [7, 11) is 0. The summed E-state index contributed by atoms with van der Waals surface area (Å²) in [5.74, 6) is 0.765. The average molecular weight is 244 g/mol. The van der Waals surface area contributed by atoms with Gasteiger partial charge < -0.3 is 10.2 Å². The fourth-order valence-corrected chi connectivity index (χ4v) is 3.17. The Bertz CT molecular complexity index is 450. The standard InChI is InChI=1S/C15H20N2O/c1-11-3-2-4-13(9-11)15(18)16-14-10-17-7-5-12(14)6-8-17/h2-4,9,12,14H,5-8,10H2,1H3,(H,16,18). The van der Waals surface area contributed by atoms with Gasteiger partial charge in [0, 0.05) is 18.2 Å². The molecule has 3 aliphatic heterocycles. The molecule has 3 saturated heterocycles. The molecule has 0 saturated carbocycles. The van der Waals surface area contributed by atoms with Crippen molar-refractivity contribution in [2.45, 2.75) is 25.8 Å². The van der Waals surface area contributed by atoms with E-state index in [9.17, 15) is 4.79 Å². The Balaban J connectivity index is 1.68. The molecule has 1 aromatic carbocycles. The van der Waals surface area contributed by atoms with Crippen LogP contribution in [0.5, 0.6) is 0 Å². The van der Waals surface area contributed by atoms with Gasteiger partial charge in [0.05, 0.1) is 0 Å². The van der Waals surface area contributed by atoms with Crippen molar-refractivity contribution in [2.75, 3.05) is 19.6 Å². The van der Waals surface area contributed by atoms with Crippen LogP contribution in [0, 0.1) is 12.8 Å². The van der Waals surface area contributed by atoms with Crippen LogP contribution < -0.4 is 5.32 Å². The van der Waals surface area contributed by atoms with Gasteiger partial charge in [0.1, 0.15) is 0 Å². The fourth-order valence-electron chi connectivity index (χ4n) is 3.17. The van der Waals surface area contributed by atoms with Crippen LogP contribution in [0.3, 0.4) is 0 Å². The van der Waals surface area contributed by atoms with Gasteiger partial charge in [0.2, 0.25) is 0 Å². The number of benzene rings is 1. The Labute approximate surface area is 108 Å². The molecule has 0 radical (unpaired) electrons. The van der Waals surface area contributed by atoms with E-state index in [0.29, 0.717) is 12.0 Å². The second-order valence-electron chi connectivity index (χ2n) is 5.59. The van der Waals surface area contributed by atoms with Crippen LogP contribution in [0.1, 0.15) is 28.8 Å². The van der Waals surface area contributed by atoms with Crippen LogP contribution in [0.15, 0.2) is 24.3 Å². The van der Waals surface area contributed by atoms with Gasteiger partial charge in [-0.25, -0.2) is 0 Å². The first-order chi connectivity index (χ1) is 8.72. The molecule has 3 nitrogen and oxygen atoms in total. The molecule has 0 aliphatic carbocycles. The predicted octanol–water partition coefficient (Wildman–Crippen LogP) is 1.82. The third-order valence-corrected chi connectivity index (χ3v) is 4.25. The molecule has 0 spiro atoms. The molecule has 2 bridgehead atoms. The summed E-state index contributed by atoms with van der Waals surface area (Å²) in [6, 6.07) is 8.16. The highest BCUT2D eigenvalue weighted by molar-refractivity contribution is 5.94. The van der Waals surface area contributed by atoms with Gasteiger partial charge in [-0.3, -0.25) is 4.79 Å². The minimum Gasteiger partial charge on any atom is -0.348 e. The maximum absolute atomic E-state index is 12.2. The van der Waals surface area contributed by atoms with E-state index in [4.69, 9.17) is 0 Å². The SMILES string of the molecule is Cc1cccc(C(=O)NC2CN3CCC2CC3)c1. The van der Waals surface area contributed by atoms with Crippen molar-refractivity contribution >= 4 is 5.91 Å². The molecule has 3 fully saturated rings. The lowest BCUT2D eigenvalue weighted by Gasteiger charge is -2.44. The van der Waals surface area contributed by atoms with Gasteiger partial charge in [-0.15, -0.1) is 0 Å². The molecule has 3 heteroatoms. The van der Waals surface area contributed by atoms with Crippen molar-refractivity contribution in [3.63, 3.8) is 0 Å². The number of amides is 1. The largest absolute Gasteiger partial charge is 0.348 e. The summed E-state index contributed by atoms with van der Waals surface area (Å²) in [5, 5.41) is 3.21. The van der Waals surface area contributed by atoms with E-state index in [1.54, 1.807) is 0 Å². The summed E-state index contributed by atoms with van der Waals surface area (Å²) < 4.78 is 0. The molecule has 18 heavy (non-hydrogen) atoms. The summed E-state index contributed by atoms with van der Waals surface area (Å²) in [6.07, 6.45) is 2.47. The molecule has 0 aromatic heterocycles. The first-order valence-corrected chi connectivity index (χ1v) is 6.82. The minimum atomic E-state index is 0.0810. The van der Waals surface area contributed by atoms with Crippen molar-refractivity contribution in [2.24, 2.45) is 5.92 Å². The lowest BCUT2D eigenvalue weighted by Crippen LogP contribution is -2.57. The second-order valence-corrected chi connectivity index (χ2v) is 5.59. The van der Waals surface area contributed by atoms with Crippen LogP contribution >= 0.6 is 0 Å². The lowest BCUT2D eigenvalue weighted by atomic mass is 9.84. The second kappa shape index (κ2) is 4.73. The Morgan fingerprint density at radius 3 is 2.72 bits per heavy atom. The number of aryl methyl sites for hydroxylation is 1. The van der Waals surface area contributed by atoms with E-state index >= 15 is 0 Å². The number of hydrogen-bond acceptors (Lipinski definition) is 2. The number of fused-ring (bicyclic) bond motifs is 3. The highest BCUT2D eigenvalue weighted by Gasteiger charge is 2.34. The summed E-state index contributed by atoms with van der Waals surface area (Å²) in [6.45, 7) is 5.47. The van der Waals surface area contributed by atoms with Crippen LogP contribution in [0.2, 0.25) is 0 Å². The smallest absolute Gasteiger partial charge is 0.251 e. The van der Waals surface area contributed by atoms with Crippen LogP contribution in [0.25, 0.3) is 0 Å².